The highest BCUT2D eigenvalue weighted by Crippen LogP contribution is 2.20. The van der Waals surface area contributed by atoms with E-state index in [0.29, 0.717) is 5.92 Å². The summed E-state index contributed by atoms with van der Waals surface area (Å²) in [5.41, 5.74) is 1.14. The maximum Gasteiger partial charge on any atom is 0.260 e. The molecule has 0 aliphatic carbocycles. The van der Waals surface area contributed by atoms with Gasteiger partial charge in [0.25, 0.3) is 5.91 Å². The number of piperidine rings is 1. The largest absolute Gasteiger partial charge is 0.484 e. The van der Waals surface area contributed by atoms with Crippen molar-refractivity contribution in [1.29, 1.82) is 0 Å². The molecule has 2 aromatic rings. The number of imidazole rings is 1. The van der Waals surface area contributed by atoms with Crippen molar-refractivity contribution in [3.8, 4) is 5.75 Å². The van der Waals surface area contributed by atoms with Gasteiger partial charge in [0.1, 0.15) is 11.6 Å². The van der Waals surface area contributed by atoms with Crippen molar-refractivity contribution in [2.45, 2.75) is 39.7 Å². The molecule has 0 unspecified atom stereocenters. The molecule has 0 spiro atoms. The lowest BCUT2D eigenvalue weighted by Crippen LogP contribution is -2.41. The molecular formula is C20H27N3O2. The van der Waals surface area contributed by atoms with E-state index in [2.05, 4.69) is 22.7 Å². The minimum atomic E-state index is 0.0804. The summed E-state index contributed by atoms with van der Waals surface area (Å²) in [5, 5.41) is 0. The molecule has 134 valence electrons. The molecule has 3 rings (SSSR count). The van der Waals surface area contributed by atoms with Crippen molar-refractivity contribution in [3.05, 3.63) is 48.0 Å². The molecule has 5 heteroatoms. The number of rotatable bonds is 6. The standard InChI is InChI=1S/C20H27N3O2/c1-3-19-21-9-12-23(19)14-17-7-10-22(11-8-17)20(24)15-25-18-6-4-5-16(2)13-18/h4-6,9,12-13,17H,3,7-8,10-11,14-15H2,1-2H3. The molecule has 0 atom stereocenters. The van der Waals surface area contributed by atoms with Gasteiger partial charge in [0.05, 0.1) is 0 Å². The zero-order valence-corrected chi connectivity index (χ0v) is 15.1. The Morgan fingerprint density at radius 2 is 2.12 bits per heavy atom. The summed E-state index contributed by atoms with van der Waals surface area (Å²) in [6.07, 6.45) is 6.97. The van der Waals surface area contributed by atoms with Gasteiger partial charge in [0.15, 0.2) is 6.61 Å². The minimum absolute atomic E-state index is 0.0804. The molecule has 5 nitrogen and oxygen atoms in total. The number of likely N-dealkylation sites (tertiary alicyclic amines) is 1. The number of carbonyl (C=O) groups excluding carboxylic acids is 1. The van der Waals surface area contributed by atoms with Crippen LogP contribution in [0.15, 0.2) is 36.7 Å². The molecule has 0 N–H and O–H groups in total. The van der Waals surface area contributed by atoms with Crippen LogP contribution < -0.4 is 4.74 Å². The second-order valence-electron chi connectivity index (χ2n) is 6.78. The molecule has 0 bridgehead atoms. The Morgan fingerprint density at radius 1 is 1.32 bits per heavy atom. The minimum Gasteiger partial charge on any atom is -0.484 e. The lowest BCUT2D eigenvalue weighted by atomic mass is 9.96. The van der Waals surface area contributed by atoms with E-state index < -0.39 is 0 Å². The van der Waals surface area contributed by atoms with Gasteiger partial charge in [-0.1, -0.05) is 19.1 Å². The van der Waals surface area contributed by atoms with Crippen LogP contribution in [0.4, 0.5) is 0 Å². The number of aromatic nitrogens is 2. The Balaban J connectivity index is 1.44. The Bertz CT molecular complexity index is 702. The number of nitrogens with zero attached hydrogens (tertiary/aromatic N) is 3. The number of carbonyl (C=O) groups is 1. The fourth-order valence-electron chi connectivity index (χ4n) is 3.41. The third-order valence-electron chi connectivity index (χ3n) is 4.89. The Morgan fingerprint density at radius 3 is 2.84 bits per heavy atom. The highest BCUT2D eigenvalue weighted by Gasteiger charge is 2.23. The van der Waals surface area contributed by atoms with E-state index in [1.54, 1.807) is 0 Å². The van der Waals surface area contributed by atoms with Crippen LogP contribution in [0.1, 0.15) is 31.2 Å². The number of hydrogen-bond acceptors (Lipinski definition) is 3. The highest BCUT2D eigenvalue weighted by atomic mass is 16.5. The van der Waals surface area contributed by atoms with E-state index >= 15 is 0 Å². The summed E-state index contributed by atoms with van der Waals surface area (Å²) in [6.45, 7) is 6.91. The highest BCUT2D eigenvalue weighted by molar-refractivity contribution is 5.77. The third kappa shape index (κ3) is 4.62. The van der Waals surface area contributed by atoms with E-state index in [1.165, 1.54) is 0 Å². The van der Waals surface area contributed by atoms with Crippen molar-refractivity contribution in [2.75, 3.05) is 19.7 Å². The van der Waals surface area contributed by atoms with Gasteiger partial charge in [-0.25, -0.2) is 4.98 Å². The molecule has 1 aliphatic heterocycles. The second-order valence-corrected chi connectivity index (χ2v) is 6.78. The van der Waals surface area contributed by atoms with Crippen LogP contribution in [-0.4, -0.2) is 40.1 Å². The summed E-state index contributed by atoms with van der Waals surface area (Å²) in [4.78, 5) is 18.7. The van der Waals surface area contributed by atoms with Crippen LogP contribution >= 0.6 is 0 Å². The van der Waals surface area contributed by atoms with E-state index in [1.807, 2.05) is 42.3 Å². The fourth-order valence-corrected chi connectivity index (χ4v) is 3.41. The molecular weight excluding hydrogens is 314 g/mol. The van der Waals surface area contributed by atoms with Crippen LogP contribution in [0.3, 0.4) is 0 Å². The smallest absolute Gasteiger partial charge is 0.260 e. The molecule has 0 radical (unpaired) electrons. The molecule has 25 heavy (non-hydrogen) atoms. The fraction of sp³-hybridized carbons (Fsp3) is 0.500. The van der Waals surface area contributed by atoms with Gasteiger partial charge in [-0.15, -0.1) is 0 Å². The normalized spacial score (nSPS) is 15.4. The van der Waals surface area contributed by atoms with Crippen LogP contribution in [0.25, 0.3) is 0 Å². The molecule has 0 saturated carbocycles. The predicted molar refractivity (Wildman–Crippen MR) is 97.6 cm³/mol. The quantitative estimate of drug-likeness (QED) is 0.811. The molecule has 2 heterocycles. The summed E-state index contributed by atoms with van der Waals surface area (Å²) in [7, 11) is 0. The zero-order chi connectivity index (χ0) is 17.6. The predicted octanol–water partition coefficient (Wildman–Crippen LogP) is 3.07. The average Bonchev–Trinajstić information content (AvgIpc) is 3.07. The summed E-state index contributed by atoms with van der Waals surface area (Å²) in [6, 6.07) is 7.81. The van der Waals surface area contributed by atoms with Gasteiger partial charge in [-0.05, 0) is 43.4 Å². The van der Waals surface area contributed by atoms with E-state index in [9.17, 15) is 4.79 Å². The van der Waals surface area contributed by atoms with Gasteiger partial charge in [0, 0.05) is 38.4 Å². The van der Waals surface area contributed by atoms with E-state index in [4.69, 9.17) is 4.74 Å². The maximum atomic E-state index is 12.4. The van der Waals surface area contributed by atoms with Crippen LogP contribution in [0.5, 0.6) is 5.75 Å². The maximum absolute atomic E-state index is 12.4. The summed E-state index contributed by atoms with van der Waals surface area (Å²) < 4.78 is 7.89. The molecule has 1 aliphatic rings. The van der Waals surface area contributed by atoms with Crippen molar-refractivity contribution >= 4 is 5.91 Å². The molecule has 1 aromatic heterocycles. The van der Waals surface area contributed by atoms with Crippen LogP contribution in [0.2, 0.25) is 0 Å². The first-order valence-corrected chi connectivity index (χ1v) is 9.13. The van der Waals surface area contributed by atoms with Crippen molar-refractivity contribution in [1.82, 2.24) is 14.5 Å². The van der Waals surface area contributed by atoms with Crippen LogP contribution in [0, 0.1) is 12.8 Å². The van der Waals surface area contributed by atoms with Gasteiger partial charge in [0.2, 0.25) is 0 Å². The molecule has 1 fully saturated rings. The lowest BCUT2D eigenvalue weighted by molar-refractivity contribution is -0.134. The molecule has 1 aromatic carbocycles. The third-order valence-corrected chi connectivity index (χ3v) is 4.89. The van der Waals surface area contributed by atoms with E-state index in [-0.39, 0.29) is 12.5 Å². The number of amides is 1. The lowest BCUT2D eigenvalue weighted by Gasteiger charge is -2.32. The van der Waals surface area contributed by atoms with Crippen molar-refractivity contribution < 1.29 is 9.53 Å². The van der Waals surface area contributed by atoms with Crippen LogP contribution in [-0.2, 0) is 17.8 Å². The average molecular weight is 341 g/mol. The Hall–Kier alpha value is -2.30. The molecule has 1 saturated heterocycles. The number of benzene rings is 1. The van der Waals surface area contributed by atoms with Crippen molar-refractivity contribution in [2.24, 2.45) is 5.92 Å². The second kappa shape index (κ2) is 8.19. The monoisotopic (exact) mass is 341 g/mol. The first-order chi connectivity index (χ1) is 12.2. The zero-order valence-electron chi connectivity index (χ0n) is 15.1. The van der Waals surface area contributed by atoms with Gasteiger partial charge >= 0.3 is 0 Å². The SMILES string of the molecule is CCc1nccn1CC1CCN(C(=O)COc2cccc(C)c2)CC1. The Kier molecular flexibility index (Phi) is 5.74. The number of aryl methyl sites for hydroxylation is 2. The first-order valence-electron chi connectivity index (χ1n) is 9.13. The summed E-state index contributed by atoms with van der Waals surface area (Å²) in [5.74, 6) is 2.60. The first kappa shape index (κ1) is 17.5. The van der Waals surface area contributed by atoms with Gasteiger partial charge in [-0.2, -0.15) is 0 Å². The summed E-state index contributed by atoms with van der Waals surface area (Å²) >= 11 is 0. The van der Waals surface area contributed by atoms with Crippen molar-refractivity contribution in [3.63, 3.8) is 0 Å². The number of ether oxygens (including phenoxy) is 1. The Labute approximate surface area is 149 Å². The van der Waals surface area contributed by atoms with Gasteiger partial charge < -0.3 is 14.2 Å². The number of hydrogen-bond donors (Lipinski definition) is 0. The topological polar surface area (TPSA) is 47.4 Å². The molecule has 1 amide bonds. The van der Waals surface area contributed by atoms with E-state index in [0.717, 1.165) is 56.0 Å². The van der Waals surface area contributed by atoms with Gasteiger partial charge in [-0.3, -0.25) is 4.79 Å².